The van der Waals surface area contributed by atoms with Gasteiger partial charge in [0.25, 0.3) is 0 Å². The molecule has 32 heavy (non-hydrogen) atoms. The third kappa shape index (κ3) is 8.26. The highest BCUT2D eigenvalue weighted by molar-refractivity contribution is 6.05. The number of ether oxygens (including phenoxy) is 3. The molecule has 0 unspecified atom stereocenters. The average molecular weight is 443 g/mol. The van der Waals surface area contributed by atoms with Crippen LogP contribution >= 0.6 is 0 Å². The van der Waals surface area contributed by atoms with Crippen LogP contribution in [0.5, 0.6) is 0 Å². The highest BCUT2D eigenvalue weighted by atomic mass is 16.5. The number of hydrogen-bond acceptors (Lipinski definition) is 8. The third-order valence-corrected chi connectivity index (χ3v) is 4.23. The Kier molecular flexibility index (Phi) is 11.3. The number of carbonyl (C=O) groups is 3. The minimum atomic E-state index is -0.609. The van der Waals surface area contributed by atoms with Crippen molar-refractivity contribution < 1.29 is 28.6 Å². The van der Waals surface area contributed by atoms with Gasteiger partial charge in [-0.2, -0.15) is 5.26 Å². The van der Waals surface area contributed by atoms with Crippen LogP contribution in [0.25, 0.3) is 0 Å². The van der Waals surface area contributed by atoms with Crippen LogP contribution in [0.1, 0.15) is 44.0 Å². The zero-order valence-electron chi connectivity index (χ0n) is 19.3. The Morgan fingerprint density at radius 1 is 0.906 bits per heavy atom. The maximum Gasteiger partial charge on any atom is 0.311 e. The van der Waals surface area contributed by atoms with Crippen LogP contribution in [0.3, 0.4) is 0 Å². The standard InChI is InChI=1S/C24H30N2O6/c1-6-30-22(28)14-18(13-21(27)17-9-11-20(12-10-17)26(4)5)24(32-8-3)19(16-25)15-23(29)31-7-2/h9-13H,6-8,14-15H2,1-5H3/b18-13+,24-19+. The van der Waals surface area contributed by atoms with Gasteiger partial charge in [-0.3, -0.25) is 14.4 Å². The van der Waals surface area contributed by atoms with Gasteiger partial charge in [0.05, 0.1) is 44.3 Å². The summed E-state index contributed by atoms with van der Waals surface area (Å²) in [5.41, 5.74) is 1.45. The zero-order valence-corrected chi connectivity index (χ0v) is 19.3. The van der Waals surface area contributed by atoms with Crippen LogP contribution in [-0.4, -0.2) is 51.6 Å². The molecule has 0 aromatic heterocycles. The number of esters is 2. The van der Waals surface area contributed by atoms with Gasteiger partial charge < -0.3 is 19.1 Å². The summed E-state index contributed by atoms with van der Waals surface area (Å²) in [6.07, 6.45) is 0.610. The topological polar surface area (TPSA) is 106 Å². The van der Waals surface area contributed by atoms with Crippen LogP contribution in [0.2, 0.25) is 0 Å². The fourth-order valence-electron chi connectivity index (χ4n) is 2.77. The number of rotatable bonds is 12. The van der Waals surface area contributed by atoms with Crippen LogP contribution in [0, 0.1) is 11.3 Å². The summed E-state index contributed by atoms with van der Waals surface area (Å²) in [5.74, 6) is -1.56. The predicted octanol–water partition coefficient (Wildman–Crippen LogP) is 3.58. The van der Waals surface area contributed by atoms with Crippen molar-refractivity contribution in [2.24, 2.45) is 0 Å². The highest BCUT2D eigenvalue weighted by Crippen LogP contribution is 2.24. The van der Waals surface area contributed by atoms with E-state index < -0.39 is 11.9 Å². The van der Waals surface area contributed by atoms with Gasteiger partial charge in [0.2, 0.25) is 0 Å². The second-order valence-corrected chi connectivity index (χ2v) is 6.79. The van der Waals surface area contributed by atoms with Gasteiger partial charge in [-0.05, 0) is 51.1 Å². The van der Waals surface area contributed by atoms with Gasteiger partial charge in [0.1, 0.15) is 5.76 Å². The lowest BCUT2D eigenvalue weighted by molar-refractivity contribution is -0.143. The molecule has 0 aliphatic heterocycles. The Bertz CT molecular complexity index is 907. The summed E-state index contributed by atoms with van der Waals surface area (Å²) < 4.78 is 15.6. The number of anilines is 1. The van der Waals surface area contributed by atoms with E-state index in [1.54, 1.807) is 45.0 Å². The van der Waals surface area contributed by atoms with Crippen molar-refractivity contribution in [3.8, 4) is 6.07 Å². The molecule has 0 radical (unpaired) electrons. The van der Waals surface area contributed by atoms with Crippen molar-refractivity contribution in [3.63, 3.8) is 0 Å². The molecular formula is C24H30N2O6. The van der Waals surface area contributed by atoms with E-state index in [1.807, 2.05) is 25.1 Å². The van der Waals surface area contributed by atoms with E-state index >= 15 is 0 Å². The molecule has 0 saturated carbocycles. The number of nitriles is 1. The smallest absolute Gasteiger partial charge is 0.311 e. The number of ketones is 1. The van der Waals surface area contributed by atoms with Gasteiger partial charge in [-0.25, -0.2) is 0 Å². The van der Waals surface area contributed by atoms with E-state index in [-0.39, 0.29) is 55.4 Å². The first-order chi connectivity index (χ1) is 15.3. The summed E-state index contributed by atoms with van der Waals surface area (Å²) in [6.45, 7) is 5.50. The summed E-state index contributed by atoms with van der Waals surface area (Å²) >= 11 is 0. The molecule has 0 amide bonds. The fourth-order valence-corrected chi connectivity index (χ4v) is 2.77. The molecule has 0 N–H and O–H groups in total. The quantitative estimate of drug-likeness (QED) is 0.121. The molecular weight excluding hydrogens is 412 g/mol. The monoisotopic (exact) mass is 442 g/mol. The Hall–Kier alpha value is -3.60. The first-order valence-corrected chi connectivity index (χ1v) is 10.4. The lowest BCUT2D eigenvalue weighted by Gasteiger charge is -2.15. The maximum atomic E-state index is 12.9. The zero-order chi connectivity index (χ0) is 24.1. The van der Waals surface area contributed by atoms with Crippen molar-refractivity contribution in [1.29, 1.82) is 5.26 Å². The van der Waals surface area contributed by atoms with Crippen LogP contribution in [0.4, 0.5) is 5.69 Å². The Balaban J connectivity index is 3.46. The molecule has 172 valence electrons. The van der Waals surface area contributed by atoms with Crippen molar-refractivity contribution >= 4 is 23.4 Å². The normalized spacial score (nSPS) is 11.7. The lowest BCUT2D eigenvalue weighted by Crippen LogP contribution is -2.13. The van der Waals surface area contributed by atoms with E-state index in [1.165, 1.54) is 6.08 Å². The number of benzene rings is 1. The van der Waals surface area contributed by atoms with Crippen LogP contribution in [0.15, 0.2) is 47.2 Å². The minimum absolute atomic E-state index is 0.00867. The summed E-state index contributed by atoms with van der Waals surface area (Å²) in [6, 6.07) is 8.88. The molecule has 0 aliphatic carbocycles. The van der Waals surface area contributed by atoms with E-state index in [0.717, 1.165) is 5.69 Å². The Morgan fingerprint density at radius 3 is 1.91 bits per heavy atom. The number of carbonyl (C=O) groups excluding carboxylic acids is 3. The molecule has 0 heterocycles. The second kappa shape index (κ2) is 13.7. The van der Waals surface area contributed by atoms with Gasteiger partial charge in [0, 0.05) is 30.9 Å². The number of allylic oxidation sites excluding steroid dienone is 2. The molecule has 1 aromatic carbocycles. The fraction of sp³-hybridized carbons (Fsp3) is 0.417. The van der Waals surface area contributed by atoms with Crippen molar-refractivity contribution in [2.75, 3.05) is 38.8 Å². The molecule has 0 spiro atoms. The predicted molar refractivity (Wildman–Crippen MR) is 120 cm³/mol. The van der Waals surface area contributed by atoms with E-state index in [4.69, 9.17) is 14.2 Å². The molecule has 8 heteroatoms. The third-order valence-electron chi connectivity index (χ3n) is 4.23. The van der Waals surface area contributed by atoms with Crippen molar-refractivity contribution in [2.45, 2.75) is 33.6 Å². The molecule has 0 fully saturated rings. The summed E-state index contributed by atoms with van der Waals surface area (Å²) in [7, 11) is 3.78. The van der Waals surface area contributed by atoms with Crippen LogP contribution < -0.4 is 4.90 Å². The Labute approximate surface area is 189 Å². The van der Waals surface area contributed by atoms with Crippen molar-refractivity contribution in [1.82, 2.24) is 0 Å². The summed E-state index contributed by atoms with van der Waals surface area (Å²) in [5, 5.41) is 9.63. The Morgan fingerprint density at radius 2 is 1.44 bits per heavy atom. The van der Waals surface area contributed by atoms with Gasteiger partial charge in [0.15, 0.2) is 5.78 Å². The maximum absolute atomic E-state index is 12.9. The van der Waals surface area contributed by atoms with Crippen molar-refractivity contribution in [3.05, 3.63) is 52.8 Å². The van der Waals surface area contributed by atoms with Gasteiger partial charge >= 0.3 is 11.9 Å². The molecule has 0 aliphatic rings. The van der Waals surface area contributed by atoms with Crippen LogP contribution in [-0.2, 0) is 23.8 Å². The number of hydrogen-bond donors (Lipinski definition) is 0. The van der Waals surface area contributed by atoms with Gasteiger partial charge in [-0.15, -0.1) is 0 Å². The van der Waals surface area contributed by atoms with Gasteiger partial charge in [-0.1, -0.05) is 0 Å². The van der Waals surface area contributed by atoms with E-state index in [9.17, 15) is 19.6 Å². The molecule has 0 saturated heterocycles. The lowest BCUT2D eigenvalue weighted by atomic mass is 10.00. The second-order valence-electron chi connectivity index (χ2n) is 6.79. The molecule has 1 aromatic rings. The molecule has 8 nitrogen and oxygen atoms in total. The van der Waals surface area contributed by atoms with E-state index in [0.29, 0.717) is 5.56 Å². The average Bonchev–Trinajstić information content (AvgIpc) is 2.76. The first kappa shape index (κ1) is 26.4. The first-order valence-electron chi connectivity index (χ1n) is 10.4. The largest absolute Gasteiger partial charge is 0.493 e. The van der Waals surface area contributed by atoms with E-state index in [2.05, 4.69) is 0 Å². The number of nitrogens with zero attached hydrogens (tertiary/aromatic N) is 2. The highest BCUT2D eigenvalue weighted by Gasteiger charge is 2.21. The summed E-state index contributed by atoms with van der Waals surface area (Å²) in [4.78, 5) is 39.0. The SMILES string of the molecule is CCOC(=O)CC(=C\C(=O)c1ccc(N(C)C)cc1)/C(OCC)=C(\C#N)CC(=O)OCC. The molecule has 0 bridgehead atoms. The molecule has 0 atom stereocenters. The molecule has 1 rings (SSSR count). The minimum Gasteiger partial charge on any atom is -0.493 e.